The van der Waals surface area contributed by atoms with E-state index in [1.807, 2.05) is 17.5 Å². The molecule has 0 spiro atoms. The van der Waals surface area contributed by atoms with Gasteiger partial charge in [0.25, 0.3) is 0 Å². The summed E-state index contributed by atoms with van der Waals surface area (Å²) in [6, 6.07) is 2.97. The number of thiophene rings is 1. The van der Waals surface area contributed by atoms with Gasteiger partial charge in [0, 0.05) is 16.2 Å². The van der Waals surface area contributed by atoms with Crippen molar-refractivity contribution in [2.75, 3.05) is 6.61 Å². The zero-order valence-electron chi connectivity index (χ0n) is 8.83. The fourth-order valence-corrected chi connectivity index (χ4v) is 2.87. The van der Waals surface area contributed by atoms with Crippen LogP contribution < -0.4 is 0 Å². The lowest BCUT2D eigenvalue weighted by atomic mass is 9.89. The summed E-state index contributed by atoms with van der Waals surface area (Å²) in [4.78, 5) is 11.5. The van der Waals surface area contributed by atoms with E-state index in [0.717, 1.165) is 4.88 Å². The van der Waals surface area contributed by atoms with E-state index in [1.165, 1.54) is 11.3 Å². The van der Waals surface area contributed by atoms with Gasteiger partial charge in [-0.2, -0.15) is 0 Å². The van der Waals surface area contributed by atoms with E-state index >= 15 is 0 Å². The third-order valence-electron chi connectivity index (χ3n) is 2.81. The van der Waals surface area contributed by atoms with Crippen molar-refractivity contribution in [3.63, 3.8) is 0 Å². The van der Waals surface area contributed by atoms with E-state index in [-0.39, 0.29) is 23.9 Å². The highest BCUT2D eigenvalue weighted by molar-refractivity contribution is 7.10. The minimum atomic E-state index is -1.26. The Balaban J connectivity index is 2.25. The first-order valence-electron chi connectivity index (χ1n) is 5.03. The van der Waals surface area contributed by atoms with Crippen LogP contribution in [0.15, 0.2) is 17.5 Å². The van der Waals surface area contributed by atoms with Crippen molar-refractivity contribution in [3.05, 3.63) is 32.5 Å². The summed E-state index contributed by atoms with van der Waals surface area (Å²) < 4.78 is 5.09. The molecule has 3 atom stereocenters. The second kappa shape index (κ2) is 4.12. The topological polar surface area (TPSA) is 72.6 Å². The van der Waals surface area contributed by atoms with E-state index in [4.69, 9.17) is 4.74 Å². The largest absolute Gasteiger partial charge is 0.366 e. The van der Waals surface area contributed by atoms with Crippen LogP contribution in [-0.4, -0.2) is 28.5 Å². The van der Waals surface area contributed by atoms with Crippen molar-refractivity contribution in [2.24, 2.45) is 0 Å². The van der Waals surface area contributed by atoms with Gasteiger partial charge in [0.05, 0.1) is 5.92 Å². The Morgan fingerprint density at radius 2 is 2.50 bits per heavy atom. The zero-order valence-corrected chi connectivity index (χ0v) is 9.64. The Labute approximate surface area is 96.8 Å². The Morgan fingerprint density at radius 3 is 3.06 bits per heavy atom. The highest BCUT2D eigenvalue weighted by Crippen LogP contribution is 2.37. The van der Waals surface area contributed by atoms with Crippen molar-refractivity contribution >= 4 is 11.3 Å². The number of hydrogen-bond donors (Lipinski definition) is 1. The number of aliphatic hydroxyl groups is 1. The molecule has 0 unspecified atom stereocenters. The Hall–Kier alpha value is -0.980. The zero-order chi connectivity index (χ0) is 11.8. The van der Waals surface area contributed by atoms with Crippen molar-refractivity contribution in [1.29, 1.82) is 0 Å². The predicted octanol–water partition coefficient (Wildman–Crippen LogP) is 1.61. The van der Waals surface area contributed by atoms with Crippen LogP contribution >= 0.6 is 11.3 Å². The molecule has 6 heteroatoms. The molecular formula is C10H13NO4S. The maximum absolute atomic E-state index is 10.9. The number of rotatable bonds is 2. The second-order valence-electron chi connectivity index (χ2n) is 4.16. The molecule has 1 aromatic rings. The maximum Gasteiger partial charge on any atom is 0.243 e. The van der Waals surface area contributed by atoms with Gasteiger partial charge >= 0.3 is 0 Å². The van der Waals surface area contributed by atoms with Gasteiger partial charge in [0.1, 0.15) is 6.61 Å². The minimum absolute atomic E-state index is 0.0391. The van der Waals surface area contributed by atoms with Crippen molar-refractivity contribution in [3.8, 4) is 0 Å². The first-order chi connectivity index (χ1) is 7.49. The molecule has 2 heterocycles. The fourth-order valence-electron chi connectivity index (χ4n) is 1.98. The normalized spacial score (nSPS) is 34.9. The van der Waals surface area contributed by atoms with Gasteiger partial charge in [-0.1, -0.05) is 6.07 Å². The summed E-state index contributed by atoms with van der Waals surface area (Å²) in [5, 5.41) is 22.6. The summed E-state index contributed by atoms with van der Waals surface area (Å²) in [5.74, 6) is -1.53. The Morgan fingerprint density at radius 1 is 1.75 bits per heavy atom. The average molecular weight is 243 g/mol. The maximum atomic E-state index is 10.9. The molecule has 1 aromatic heterocycles. The van der Waals surface area contributed by atoms with E-state index in [0.29, 0.717) is 0 Å². The van der Waals surface area contributed by atoms with Gasteiger partial charge in [0.15, 0.2) is 5.79 Å². The molecule has 0 aromatic carbocycles. The lowest BCUT2D eigenvalue weighted by Crippen LogP contribution is -2.46. The molecule has 1 N–H and O–H groups in total. The molecule has 0 saturated carbocycles. The molecule has 1 saturated heterocycles. The van der Waals surface area contributed by atoms with Crippen LogP contribution in [0.4, 0.5) is 0 Å². The van der Waals surface area contributed by atoms with Gasteiger partial charge < -0.3 is 9.84 Å². The van der Waals surface area contributed by atoms with E-state index in [9.17, 15) is 15.2 Å². The molecule has 88 valence electrons. The van der Waals surface area contributed by atoms with E-state index in [1.54, 1.807) is 6.92 Å². The van der Waals surface area contributed by atoms with Crippen LogP contribution in [0.2, 0.25) is 0 Å². The first-order valence-corrected chi connectivity index (χ1v) is 5.91. The lowest BCUT2D eigenvalue weighted by molar-refractivity contribution is -0.542. The number of ether oxygens (including phenoxy) is 1. The summed E-state index contributed by atoms with van der Waals surface area (Å²) in [7, 11) is 0. The lowest BCUT2D eigenvalue weighted by Gasteiger charge is -2.35. The molecule has 1 aliphatic rings. The van der Waals surface area contributed by atoms with Crippen molar-refractivity contribution < 1.29 is 14.8 Å². The summed E-state index contributed by atoms with van der Waals surface area (Å²) in [6.07, 6.45) is 0.263. The third-order valence-corrected chi connectivity index (χ3v) is 3.81. The Bertz CT molecular complexity index is 376. The van der Waals surface area contributed by atoms with Gasteiger partial charge in [-0.3, -0.25) is 10.1 Å². The fraction of sp³-hybridized carbons (Fsp3) is 0.600. The van der Waals surface area contributed by atoms with Gasteiger partial charge in [-0.15, -0.1) is 11.3 Å². The second-order valence-corrected chi connectivity index (χ2v) is 5.14. The highest BCUT2D eigenvalue weighted by Gasteiger charge is 2.44. The molecule has 0 aliphatic carbocycles. The molecule has 0 bridgehead atoms. The molecular weight excluding hydrogens is 230 g/mol. The molecule has 16 heavy (non-hydrogen) atoms. The SMILES string of the molecule is C[C@]1(O)C[C@H](c2cccs2)[C@@H]([N+](=O)[O-])CO1. The molecule has 2 rings (SSSR count). The highest BCUT2D eigenvalue weighted by atomic mass is 32.1. The molecule has 5 nitrogen and oxygen atoms in total. The standard InChI is InChI=1S/C10H13NO4S/c1-10(12)5-7(9-3-2-4-16-9)8(6-15-10)11(13)14/h2-4,7-8,12H,5-6H2,1H3/t7-,8-,10+/m0/s1. The molecule has 0 radical (unpaired) electrons. The van der Waals surface area contributed by atoms with Crippen LogP contribution in [0.5, 0.6) is 0 Å². The smallest absolute Gasteiger partial charge is 0.243 e. The van der Waals surface area contributed by atoms with Crippen LogP contribution in [0.1, 0.15) is 24.1 Å². The quantitative estimate of drug-likeness (QED) is 0.632. The number of nitrogens with zero attached hydrogens (tertiary/aromatic N) is 1. The number of hydrogen-bond acceptors (Lipinski definition) is 5. The van der Waals surface area contributed by atoms with Gasteiger partial charge in [-0.05, 0) is 18.4 Å². The predicted molar refractivity (Wildman–Crippen MR) is 59.0 cm³/mol. The molecule has 1 aliphatic heterocycles. The van der Waals surface area contributed by atoms with E-state index < -0.39 is 11.8 Å². The minimum Gasteiger partial charge on any atom is -0.366 e. The van der Waals surface area contributed by atoms with Crippen LogP contribution in [0, 0.1) is 10.1 Å². The van der Waals surface area contributed by atoms with Crippen molar-refractivity contribution in [2.45, 2.75) is 31.1 Å². The van der Waals surface area contributed by atoms with Crippen LogP contribution in [0.25, 0.3) is 0 Å². The van der Waals surface area contributed by atoms with Crippen molar-refractivity contribution in [1.82, 2.24) is 0 Å². The van der Waals surface area contributed by atoms with E-state index in [2.05, 4.69) is 0 Å². The molecule has 1 fully saturated rings. The van der Waals surface area contributed by atoms with Gasteiger partial charge in [-0.25, -0.2) is 0 Å². The summed E-state index contributed by atoms with van der Waals surface area (Å²) in [5.41, 5.74) is 0. The van der Waals surface area contributed by atoms with Gasteiger partial charge in [0.2, 0.25) is 6.04 Å². The monoisotopic (exact) mass is 243 g/mol. The summed E-state index contributed by atoms with van der Waals surface area (Å²) in [6.45, 7) is 1.51. The molecule has 0 amide bonds. The first kappa shape index (κ1) is 11.5. The number of nitro groups is 1. The third kappa shape index (κ3) is 2.23. The van der Waals surface area contributed by atoms with Crippen LogP contribution in [0.3, 0.4) is 0 Å². The Kier molecular flexibility index (Phi) is 2.96. The summed E-state index contributed by atoms with van der Waals surface area (Å²) >= 11 is 1.48. The average Bonchev–Trinajstić information content (AvgIpc) is 2.68. The van der Waals surface area contributed by atoms with Crippen LogP contribution in [-0.2, 0) is 4.74 Å².